The molecule has 4 nitrogen and oxygen atoms in total. The van der Waals surface area contributed by atoms with Crippen LogP contribution in [0.5, 0.6) is 0 Å². The van der Waals surface area contributed by atoms with E-state index in [1.165, 1.54) is 22.7 Å². The molecular formula is C9H11NO3S. The molecule has 0 aromatic rings. The molecule has 0 N–H and O–H groups in total. The fourth-order valence-corrected chi connectivity index (χ4v) is 2.99. The molecule has 2 aliphatic heterocycles. The summed E-state index contributed by atoms with van der Waals surface area (Å²) in [7, 11) is 0. The molecule has 0 radical (unpaired) electrons. The van der Waals surface area contributed by atoms with Gasteiger partial charge in [0.15, 0.2) is 0 Å². The highest BCUT2D eigenvalue weighted by atomic mass is 32.2. The van der Waals surface area contributed by atoms with Crippen molar-refractivity contribution in [3.63, 3.8) is 0 Å². The predicted molar refractivity (Wildman–Crippen MR) is 53.0 cm³/mol. The number of hydrogen-bond acceptors (Lipinski definition) is 4. The maximum absolute atomic E-state index is 11.4. The van der Waals surface area contributed by atoms with Crippen molar-refractivity contribution in [3.8, 4) is 0 Å². The molecule has 76 valence electrons. The zero-order chi connectivity index (χ0) is 10.1. The van der Waals surface area contributed by atoms with Crippen molar-refractivity contribution in [1.29, 1.82) is 0 Å². The van der Waals surface area contributed by atoms with E-state index in [0.717, 1.165) is 6.42 Å². The molecule has 0 aliphatic carbocycles. The minimum atomic E-state index is -0.397. The van der Waals surface area contributed by atoms with E-state index in [4.69, 9.17) is 4.74 Å². The van der Waals surface area contributed by atoms with E-state index >= 15 is 0 Å². The smallest absolute Gasteiger partial charge is 0.410 e. The number of nitrogens with zero attached hydrogens (tertiary/aromatic N) is 1. The molecule has 2 rings (SSSR count). The first-order chi connectivity index (χ1) is 6.72. The number of fused-ring (bicyclic) bond motifs is 2. The first kappa shape index (κ1) is 9.58. The Morgan fingerprint density at radius 2 is 2.57 bits per heavy atom. The maximum atomic E-state index is 11.4. The van der Waals surface area contributed by atoms with Gasteiger partial charge in [0, 0.05) is 11.8 Å². The fraction of sp³-hybridized carbons (Fsp3) is 0.556. The van der Waals surface area contributed by atoms with Gasteiger partial charge >= 0.3 is 6.09 Å². The summed E-state index contributed by atoms with van der Waals surface area (Å²) in [6.07, 6.45) is 1.90. The molecule has 1 amide bonds. The number of likely N-dealkylation sites (tertiary alicyclic amines) is 1. The third-order valence-corrected chi connectivity index (χ3v) is 3.56. The lowest BCUT2D eigenvalue weighted by Gasteiger charge is -2.24. The van der Waals surface area contributed by atoms with Gasteiger partial charge in [-0.2, -0.15) is 0 Å². The number of rotatable bonds is 2. The summed E-state index contributed by atoms with van der Waals surface area (Å²) in [5, 5.41) is 0.376. The normalized spacial score (nSPS) is 29.4. The molecule has 2 heterocycles. The van der Waals surface area contributed by atoms with Crippen molar-refractivity contribution in [2.45, 2.75) is 17.7 Å². The van der Waals surface area contributed by atoms with Gasteiger partial charge in [-0.25, -0.2) is 4.79 Å². The topological polar surface area (TPSA) is 46.6 Å². The standard InChI is InChI=1S/C9H11NO3S/c1-2-3-13-9(12)10-5-6-4-7(10)8(11)14-6/h2,6-7H,1,3-5H2. The molecule has 0 aromatic carbocycles. The largest absolute Gasteiger partial charge is 0.445 e. The van der Waals surface area contributed by atoms with Gasteiger partial charge in [0.2, 0.25) is 5.12 Å². The van der Waals surface area contributed by atoms with Gasteiger partial charge in [-0.1, -0.05) is 24.4 Å². The number of carbonyl (C=O) groups is 2. The quantitative estimate of drug-likeness (QED) is 0.643. The molecule has 0 aromatic heterocycles. The summed E-state index contributed by atoms with van der Waals surface area (Å²) < 4.78 is 4.88. The first-order valence-corrected chi connectivity index (χ1v) is 5.35. The van der Waals surface area contributed by atoms with Crippen molar-refractivity contribution < 1.29 is 14.3 Å². The predicted octanol–water partition coefficient (Wildman–Crippen LogP) is 1.03. The summed E-state index contributed by atoms with van der Waals surface area (Å²) in [4.78, 5) is 24.3. The monoisotopic (exact) mass is 213 g/mol. The van der Waals surface area contributed by atoms with Crippen LogP contribution in [-0.2, 0) is 9.53 Å². The second kappa shape index (κ2) is 3.65. The van der Waals surface area contributed by atoms with Crippen LogP contribution in [0.15, 0.2) is 12.7 Å². The van der Waals surface area contributed by atoms with Crippen molar-refractivity contribution in [3.05, 3.63) is 12.7 Å². The SMILES string of the molecule is C=CCOC(=O)N1CC2CC1C(=O)S2. The second-order valence-corrected chi connectivity index (χ2v) is 4.63. The van der Waals surface area contributed by atoms with Crippen LogP contribution in [0.4, 0.5) is 4.79 Å². The highest BCUT2D eigenvalue weighted by molar-refractivity contribution is 8.14. The Labute approximate surface area is 86.3 Å². The summed E-state index contributed by atoms with van der Waals surface area (Å²) in [5.41, 5.74) is 0. The van der Waals surface area contributed by atoms with E-state index < -0.39 is 6.09 Å². The summed E-state index contributed by atoms with van der Waals surface area (Å²) in [5.74, 6) is 0. The minimum absolute atomic E-state index is 0.0943. The van der Waals surface area contributed by atoms with E-state index in [2.05, 4.69) is 6.58 Å². The molecule has 2 bridgehead atoms. The van der Waals surface area contributed by atoms with Crippen LogP contribution >= 0.6 is 11.8 Å². The molecule has 5 heteroatoms. The van der Waals surface area contributed by atoms with E-state index in [9.17, 15) is 9.59 Å². The molecule has 2 aliphatic rings. The molecule has 2 saturated heterocycles. The van der Waals surface area contributed by atoms with Crippen LogP contribution in [0.1, 0.15) is 6.42 Å². The number of hydrogen-bond donors (Lipinski definition) is 0. The van der Waals surface area contributed by atoms with Crippen molar-refractivity contribution >= 4 is 23.0 Å². The first-order valence-electron chi connectivity index (χ1n) is 4.47. The summed E-state index contributed by atoms with van der Waals surface area (Å²) in [6, 6.07) is -0.248. The Kier molecular flexibility index (Phi) is 2.50. The van der Waals surface area contributed by atoms with Crippen LogP contribution in [0, 0.1) is 0 Å². The average molecular weight is 213 g/mol. The van der Waals surface area contributed by atoms with Gasteiger partial charge in [0.25, 0.3) is 0 Å². The average Bonchev–Trinajstić information content (AvgIpc) is 2.72. The highest BCUT2D eigenvalue weighted by Gasteiger charge is 2.47. The molecular weight excluding hydrogens is 202 g/mol. The van der Waals surface area contributed by atoms with Gasteiger partial charge < -0.3 is 4.74 Å². The third kappa shape index (κ3) is 1.52. The van der Waals surface area contributed by atoms with Crippen LogP contribution in [0.25, 0.3) is 0 Å². The van der Waals surface area contributed by atoms with Crippen molar-refractivity contribution in [2.24, 2.45) is 0 Å². The van der Waals surface area contributed by atoms with Gasteiger partial charge in [0.05, 0.1) is 0 Å². The number of thioether (sulfide) groups is 1. The number of amides is 1. The van der Waals surface area contributed by atoms with Crippen LogP contribution in [0.2, 0.25) is 0 Å². The molecule has 0 saturated carbocycles. The van der Waals surface area contributed by atoms with Gasteiger partial charge in [-0.15, -0.1) is 0 Å². The zero-order valence-corrected chi connectivity index (χ0v) is 8.46. The lowest BCUT2D eigenvalue weighted by atomic mass is 10.2. The van der Waals surface area contributed by atoms with Crippen LogP contribution < -0.4 is 0 Å². The van der Waals surface area contributed by atoms with Gasteiger partial charge in [-0.05, 0) is 6.42 Å². The Hall–Kier alpha value is -0.970. The number of carbonyl (C=O) groups excluding carboxylic acids is 2. The Balaban J connectivity index is 1.96. The minimum Gasteiger partial charge on any atom is -0.445 e. The van der Waals surface area contributed by atoms with Crippen molar-refractivity contribution in [1.82, 2.24) is 4.90 Å². The van der Waals surface area contributed by atoms with Crippen molar-refractivity contribution in [2.75, 3.05) is 13.2 Å². The second-order valence-electron chi connectivity index (χ2n) is 3.33. The Bertz CT molecular complexity index is 292. The third-order valence-electron chi connectivity index (χ3n) is 2.38. The number of ether oxygens (including phenoxy) is 1. The zero-order valence-electron chi connectivity index (χ0n) is 7.64. The fourth-order valence-electron chi connectivity index (χ4n) is 1.76. The van der Waals surface area contributed by atoms with Gasteiger partial charge in [0.1, 0.15) is 12.6 Å². The molecule has 2 unspecified atom stereocenters. The highest BCUT2D eigenvalue weighted by Crippen LogP contribution is 2.38. The van der Waals surface area contributed by atoms with E-state index in [1.54, 1.807) is 0 Å². The van der Waals surface area contributed by atoms with Crippen LogP contribution in [-0.4, -0.2) is 40.6 Å². The summed E-state index contributed by atoms with van der Waals surface area (Å²) >= 11 is 1.35. The maximum Gasteiger partial charge on any atom is 0.410 e. The molecule has 0 spiro atoms. The molecule has 14 heavy (non-hydrogen) atoms. The molecule has 2 atom stereocenters. The Morgan fingerprint density at radius 3 is 3.14 bits per heavy atom. The van der Waals surface area contributed by atoms with Gasteiger partial charge in [-0.3, -0.25) is 9.69 Å². The lowest BCUT2D eigenvalue weighted by Crippen LogP contribution is -2.41. The Morgan fingerprint density at radius 1 is 1.79 bits per heavy atom. The summed E-state index contributed by atoms with van der Waals surface area (Å²) in [6.45, 7) is 4.29. The van der Waals surface area contributed by atoms with E-state index in [-0.39, 0.29) is 23.0 Å². The van der Waals surface area contributed by atoms with E-state index in [1.807, 2.05) is 0 Å². The lowest BCUT2D eigenvalue weighted by molar-refractivity contribution is -0.114. The van der Waals surface area contributed by atoms with E-state index in [0.29, 0.717) is 6.54 Å². The van der Waals surface area contributed by atoms with Crippen LogP contribution in [0.3, 0.4) is 0 Å². The molecule has 2 fully saturated rings.